The fourth-order valence-electron chi connectivity index (χ4n) is 3.16. The molecule has 3 heterocycles. The van der Waals surface area contributed by atoms with Crippen molar-refractivity contribution in [3.8, 4) is 10.6 Å². The maximum absolute atomic E-state index is 13.3. The lowest BCUT2D eigenvalue weighted by molar-refractivity contribution is 0.102. The second kappa shape index (κ2) is 9.13. The third kappa shape index (κ3) is 4.53. The number of anilines is 1. The number of carbonyl (C=O) groups excluding carboxylic acids is 2. The van der Waals surface area contributed by atoms with Gasteiger partial charge in [-0.05, 0) is 61.3 Å². The highest BCUT2D eigenvalue weighted by Crippen LogP contribution is 2.30. The van der Waals surface area contributed by atoms with Crippen molar-refractivity contribution in [3.05, 3.63) is 59.6 Å². The maximum atomic E-state index is 13.3. The van der Waals surface area contributed by atoms with E-state index < -0.39 is 0 Å². The van der Waals surface area contributed by atoms with Crippen LogP contribution in [0.1, 0.15) is 30.2 Å². The van der Waals surface area contributed by atoms with Crippen molar-refractivity contribution in [2.45, 2.75) is 24.8 Å². The van der Waals surface area contributed by atoms with Gasteiger partial charge in [0.1, 0.15) is 0 Å². The summed E-state index contributed by atoms with van der Waals surface area (Å²) in [5.74, 6) is -0.250. The molecule has 0 saturated carbocycles. The molecule has 7 nitrogen and oxygen atoms in total. The zero-order chi connectivity index (χ0) is 22.8. The summed E-state index contributed by atoms with van der Waals surface area (Å²) in [4.78, 5) is 33.4. The van der Waals surface area contributed by atoms with Crippen LogP contribution >= 0.6 is 23.1 Å². The van der Waals surface area contributed by atoms with Crippen LogP contribution in [0.5, 0.6) is 0 Å². The Kier molecular flexibility index (Phi) is 6.29. The number of nitrogens with zero attached hydrogens (tertiary/aromatic N) is 4. The van der Waals surface area contributed by atoms with Crippen LogP contribution in [-0.4, -0.2) is 44.9 Å². The van der Waals surface area contributed by atoms with Crippen LogP contribution in [0.15, 0.2) is 58.9 Å². The Morgan fingerprint density at radius 1 is 1.16 bits per heavy atom. The highest BCUT2D eigenvalue weighted by Gasteiger charge is 2.19. The van der Waals surface area contributed by atoms with E-state index in [0.717, 1.165) is 27.2 Å². The predicted molar refractivity (Wildman–Crippen MR) is 131 cm³/mol. The zero-order valence-corrected chi connectivity index (χ0v) is 19.8. The summed E-state index contributed by atoms with van der Waals surface area (Å²) in [5.41, 5.74) is 2.54. The largest absolute Gasteiger partial charge is 0.339 e. The van der Waals surface area contributed by atoms with E-state index in [1.54, 1.807) is 43.8 Å². The Morgan fingerprint density at radius 3 is 2.66 bits per heavy atom. The van der Waals surface area contributed by atoms with Gasteiger partial charge in [-0.2, -0.15) is 5.10 Å². The standard InChI is InChI=1S/C23H23N5O2S2/c1-14(2)28-21-18(13-24-28)17(12-19(26-21)20-9-6-10-31-20)22(29)25-15-7-5-8-16(11-15)32-23(30)27(3)4/h5-14H,1-4H3,(H,25,29). The topological polar surface area (TPSA) is 80.1 Å². The van der Waals surface area contributed by atoms with E-state index in [-0.39, 0.29) is 17.2 Å². The average Bonchev–Trinajstić information content (AvgIpc) is 3.43. The van der Waals surface area contributed by atoms with E-state index in [4.69, 9.17) is 4.98 Å². The lowest BCUT2D eigenvalue weighted by Crippen LogP contribution is -2.16. The van der Waals surface area contributed by atoms with Crippen molar-refractivity contribution in [1.29, 1.82) is 0 Å². The number of carbonyl (C=O) groups is 2. The monoisotopic (exact) mass is 465 g/mol. The Morgan fingerprint density at radius 2 is 1.97 bits per heavy atom. The van der Waals surface area contributed by atoms with Crippen LogP contribution in [0.2, 0.25) is 0 Å². The Labute approximate surface area is 194 Å². The number of pyridine rings is 1. The lowest BCUT2D eigenvalue weighted by atomic mass is 10.1. The number of benzene rings is 1. The second-order valence-corrected chi connectivity index (χ2v) is 9.67. The molecule has 1 aromatic carbocycles. The van der Waals surface area contributed by atoms with E-state index in [2.05, 4.69) is 10.4 Å². The smallest absolute Gasteiger partial charge is 0.285 e. The normalized spacial score (nSPS) is 11.2. The number of rotatable bonds is 5. The van der Waals surface area contributed by atoms with Crippen molar-refractivity contribution in [1.82, 2.24) is 19.7 Å². The molecule has 0 bridgehead atoms. The predicted octanol–water partition coefficient (Wildman–Crippen LogP) is 5.77. The van der Waals surface area contributed by atoms with Gasteiger partial charge in [0.2, 0.25) is 0 Å². The minimum atomic E-state index is -0.250. The van der Waals surface area contributed by atoms with Gasteiger partial charge in [0.05, 0.1) is 27.7 Å². The van der Waals surface area contributed by atoms with E-state index >= 15 is 0 Å². The van der Waals surface area contributed by atoms with Crippen molar-refractivity contribution >= 4 is 51.0 Å². The summed E-state index contributed by atoms with van der Waals surface area (Å²) in [6.45, 7) is 4.06. The maximum Gasteiger partial charge on any atom is 0.285 e. The molecule has 0 saturated heterocycles. The Balaban J connectivity index is 1.70. The molecule has 1 N–H and O–H groups in total. The van der Waals surface area contributed by atoms with Gasteiger partial charge in [0.15, 0.2) is 5.65 Å². The molecule has 0 atom stereocenters. The van der Waals surface area contributed by atoms with Gasteiger partial charge in [0.25, 0.3) is 11.1 Å². The van der Waals surface area contributed by atoms with Crippen LogP contribution < -0.4 is 5.32 Å². The molecule has 0 aliphatic carbocycles. The van der Waals surface area contributed by atoms with Crippen LogP contribution in [0.25, 0.3) is 21.6 Å². The van der Waals surface area contributed by atoms with Crippen molar-refractivity contribution in [3.63, 3.8) is 0 Å². The lowest BCUT2D eigenvalue weighted by Gasteiger charge is -2.12. The number of aromatic nitrogens is 3. The van der Waals surface area contributed by atoms with Crippen LogP contribution in [-0.2, 0) is 0 Å². The van der Waals surface area contributed by atoms with E-state index in [1.807, 2.05) is 54.2 Å². The molecule has 9 heteroatoms. The highest BCUT2D eigenvalue weighted by atomic mass is 32.2. The average molecular weight is 466 g/mol. The molecule has 3 aromatic heterocycles. The minimum Gasteiger partial charge on any atom is -0.339 e. The van der Waals surface area contributed by atoms with Crippen molar-refractivity contribution in [2.24, 2.45) is 0 Å². The van der Waals surface area contributed by atoms with E-state index in [1.165, 1.54) is 4.90 Å². The molecule has 0 radical (unpaired) electrons. The van der Waals surface area contributed by atoms with Gasteiger partial charge in [-0.25, -0.2) is 9.67 Å². The summed E-state index contributed by atoms with van der Waals surface area (Å²) in [5, 5.41) is 10.0. The zero-order valence-electron chi connectivity index (χ0n) is 18.2. The Bertz CT molecular complexity index is 1280. The first-order valence-electron chi connectivity index (χ1n) is 10.1. The summed E-state index contributed by atoms with van der Waals surface area (Å²) >= 11 is 2.69. The fourth-order valence-corrected chi connectivity index (χ4v) is 4.57. The summed E-state index contributed by atoms with van der Waals surface area (Å²) in [6, 6.07) is 13.1. The third-order valence-corrected chi connectivity index (χ3v) is 6.66. The molecule has 0 aliphatic rings. The Hall–Kier alpha value is -3.17. The van der Waals surface area contributed by atoms with Gasteiger partial charge < -0.3 is 10.2 Å². The molecular weight excluding hydrogens is 442 g/mol. The van der Waals surface area contributed by atoms with Crippen molar-refractivity contribution in [2.75, 3.05) is 19.4 Å². The van der Waals surface area contributed by atoms with Gasteiger partial charge in [-0.1, -0.05) is 12.1 Å². The van der Waals surface area contributed by atoms with Gasteiger partial charge in [-0.15, -0.1) is 11.3 Å². The number of amides is 2. The van der Waals surface area contributed by atoms with E-state index in [0.29, 0.717) is 22.3 Å². The number of nitrogens with one attached hydrogen (secondary N) is 1. The number of thioether (sulfide) groups is 1. The van der Waals surface area contributed by atoms with Crippen LogP contribution in [0, 0.1) is 0 Å². The first kappa shape index (κ1) is 22.0. The number of fused-ring (bicyclic) bond motifs is 1. The van der Waals surface area contributed by atoms with Gasteiger partial charge in [0, 0.05) is 30.7 Å². The fraction of sp³-hybridized carbons (Fsp3) is 0.217. The first-order chi connectivity index (χ1) is 15.3. The van der Waals surface area contributed by atoms with Gasteiger partial charge >= 0.3 is 0 Å². The highest BCUT2D eigenvalue weighted by molar-refractivity contribution is 8.13. The number of hydrogen-bond donors (Lipinski definition) is 1. The molecule has 4 aromatic rings. The van der Waals surface area contributed by atoms with E-state index in [9.17, 15) is 9.59 Å². The molecule has 4 rings (SSSR count). The van der Waals surface area contributed by atoms with Crippen LogP contribution in [0.4, 0.5) is 10.5 Å². The molecular formula is C23H23N5O2S2. The molecule has 0 fully saturated rings. The number of thiophene rings is 1. The summed E-state index contributed by atoms with van der Waals surface area (Å²) in [7, 11) is 3.41. The molecule has 0 unspecified atom stereocenters. The molecule has 2 amide bonds. The van der Waals surface area contributed by atoms with Gasteiger partial charge in [-0.3, -0.25) is 9.59 Å². The molecule has 0 aliphatic heterocycles. The number of hydrogen-bond acceptors (Lipinski definition) is 6. The molecule has 0 spiro atoms. The SMILES string of the molecule is CC(C)n1ncc2c(C(=O)Nc3cccc(SC(=O)N(C)C)c3)cc(-c3cccs3)nc21. The quantitative estimate of drug-likeness (QED) is 0.379. The summed E-state index contributed by atoms with van der Waals surface area (Å²) < 4.78 is 1.83. The molecule has 164 valence electrons. The first-order valence-corrected chi connectivity index (χ1v) is 11.8. The second-order valence-electron chi connectivity index (χ2n) is 7.70. The van der Waals surface area contributed by atoms with Crippen LogP contribution in [0.3, 0.4) is 0 Å². The molecule has 32 heavy (non-hydrogen) atoms. The third-order valence-electron chi connectivity index (χ3n) is 4.74. The van der Waals surface area contributed by atoms with Crippen molar-refractivity contribution < 1.29 is 9.59 Å². The summed E-state index contributed by atoms with van der Waals surface area (Å²) in [6.07, 6.45) is 1.69. The minimum absolute atomic E-state index is 0.0778.